The first kappa shape index (κ1) is 18.7. The fraction of sp³-hybridized carbons (Fsp3) is 0.0556. The minimum absolute atomic E-state index is 0.0271. The summed E-state index contributed by atoms with van der Waals surface area (Å²) in [5.41, 5.74) is 0.482. The summed E-state index contributed by atoms with van der Waals surface area (Å²) < 4.78 is 32.0. The lowest BCUT2D eigenvalue weighted by Crippen LogP contribution is -2.23. The number of hydrogen-bond acceptors (Lipinski definition) is 2. The summed E-state index contributed by atoms with van der Waals surface area (Å²) in [4.78, 5) is 12.1. The van der Waals surface area contributed by atoms with Gasteiger partial charge >= 0.3 is 0 Å². The zero-order chi connectivity index (χ0) is 18.8. The van der Waals surface area contributed by atoms with Gasteiger partial charge in [-0.15, -0.1) is 0 Å². The summed E-state index contributed by atoms with van der Waals surface area (Å²) in [7, 11) is 0. The molecule has 0 aliphatic rings. The summed E-state index contributed by atoms with van der Waals surface area (Å²) in [5.74, 6) is -1.99. The molecule has 3 rings (SSSR count). The Morgan fingerprint density at radius 2 is 1.69 bits per heavy atom. The molecule has 26 heavy (non-hydrogen) atoms. The van der Waals surface area contributed by atoms with E-state index in [0.29, 0.717) is 27.1 Å². The van der Waals surface area contributed by atoms with E-state index in [1.54, 1.807) is 30.3 Å². The SMILES string of the molecule is O=C(NCc1ccc(-c2ccc(Cl)cc2Cl)o1)c1cc(F)c(F)cc1Cl. The standard InChI is InChI=1S/C18H10Cl3F2NO2/c19-9-1-3-11(13(20)5-9)17-4-2-10(26-17)8-24-18(25)12-6-15(22)16(23)7-14(12)21/h1-7H,8H2,(H,24,25). The smallest absolute Gasteiger partial charge is 0.253 e. The average molecular weight is 417 g/mol. The first-order valence-electron chi connectivity index (χ1n) is 7.32. The third kappa shape index (κ3) is 4.01. The van der Waals surface area contributed by atoms with E-state index in [1.165, 1.54) is 0 Å². The molecule has 3 nitrogen and oxygen atoms in total. The number of hydrogen-bond donors (Lipinski definition) is 1. The zero-order valence-corrected chi connectivity index (χ0v) is 15.2. The Kier molecular flexibility index (Phi) is 5.51. The molecule has 0 saturated carbocycles. The van der Waals surface area contributed by atoms with Crippen molar-refractivity contribution in [2.45, 2.75) is 6.54 Å². The highest BCUT2D eigenvalue weighted by Crippen LogP contribution is 2.31. The molecule has 3 aromatic rings. The molecule has 0 atom stereocenters. The van der Waals surface area contributed by atoms with E-state index in [0.717, 1.165) is 12.1 Å². The Morgan fingerprint density at radius 3 is 2.42 bits per heavy atom. The number of carbonyl (C=O) groups is 1. The fourth-order valence-corrected chi connectivity index (χ4v) is 3.00. The molecule has 8 heteroatoms. The van der Waals surface area contributed by atoms with Crippen LogP contribution in [0.25, 0.3) is 11.3 Å². The van der Waals surface area contributed by atoms with Crippen molar-refractivity contribution in [1.82, 2.24) is 5.32 Å². The van der Waals surface area contributed by atoms with Crippen molar-refractivity contribution in [3.05, 3.63) is 80.5 Å². The molecule has 0 aliphatic carbocycles. The van der Waals surface area contributed by atoms with Crippen LogP contribution in [0, 0.1) is 11.6 Å². The molecule has 0 fully saturated rings. The van der Waals surface area contributed by atoms with E-state index in [9.17, 15) is 13.6 Å². The molecule has 1 aromatic heterocycles. The van der Waals surface area contributed by atoms with Crippen molar-refractivity contribution in [1.29, 1.82) is 0 Å². The molecule has 0 unspecified atom stereocenters. The van der Waals surface area contributed by atoms with Crippen LogP contribution in [0.2, 0.25) is 15.1 Å². The highest BCUT2D eigenvalue weighted by molar-refractivity contribution is 6.36. The van der Waals surface area contributed by atoms with Gasteiger partial charge in [-0.1, -0.05) is 34.8 Å². The summed E-state index contributed by atoms with van der Waals surface area (Å²) in [5, 5.41) is 3.27. The minimum Gasteiger partial charge on any atom is -0.459 e. The van der Waals surface area contributed by atoms with Crippen LogP contribution in [0.4, 0.5) is 8.78 Å². The zero-order valence-electron chi connectivity index (χ0n) is 13.0. The van der Waals surface area contributed by atoms with Crippen LogP contribution >= 0.6 is 34.8 Å². The number of nitrogens with one attached hydrogen (secondary N) is 1. The van der Waals surface area contributed by atoms with Crippen LogP contribution in [-0.2, 0) is 6.54 Å². The third-order valence-electron chi connectivity index (χ3n) is 3.54. The molecule has 0 radical (unpaired) electrons. The van der Waals surface area contributed by atoms with Crippen LogP contribution in [-0.4, -0.2) is 5.91 Å². The second-order valence-electron chi connectivity index (χ2n) is 5.32. The molecule has 134 valence electrons. The maximum atomic E-state index is 13.3. The predicted molar refractivity (Wildman–Crippen MR) is 96.7 cm³/mol. The van der Waals surface area contributed by atoms with Gasteiger partial charge in [-0.05, 0) is 42.5 Å². The van der Waals surface area contributed by atoms with Crippen molar-refractivity contribution in [3.8, 4) is 11.3 Å². The van der Waals surface area contributed by atoms with Gasteiger partial charge in [-0.2, -0.15) is 0 Å². The van der Waals surface area contributed by atoms with Gasteiger partial charge in [0, 0.05) is 10.6 Å². The van der Waals surface area contributed by atoms with E-state index in [-0.39, 0.29) is 17.1 Å². The van der Waals surface area contributed by atoms with Gasteiger partial charge in [0.05, 0.1) is 22.2 Å². The molecule has 2 aromatic carbocycles. The van der Waals surface area contributed by atoms with Crippen molar-refractivity contribution in [2.24, 2.45) is 0 Å². The highest BCUT2D eigenvalue weighted by Gasteiger charge is 2.16. The molecule has 0 aliphatic heterocycles. The third-order valence-corrected chi connectivity index (χ3v) is 4.40. The molecule has 0 spiro atoms. The Bertz CT molecular complexity index is 989. The monoisotopic (exact) mass is 415 g/mol. The first-order valence-corrected chi connectivity index (χ1v) is 8.45. The van der Waals surface area contributed by atoms with Crippen LogP contribution in [0.3, 0.4) is 0 Å². The van der Waals surface area contributed by atoms with Gasteiger partial charge in [0.2, 0.25) is 0 Å². The second kappa shape index (κ2) is 7.66. The molecule has 1 heterocycles. The number of amides is 1. The Balaban J connectivity index is 1.72. The summed E-state index contributed by atoms with van der Waals surface area (Å²) in [6, 6.07) is 9.83. The fourth-order valence-electron chi connectivity index (χ4n) is 2.27. The lowest BCUT2D eigenvalue weighted by atomic mass is 10.2. The van der Waals surface area contributed by atoms with Crippen LogP contribution in [0.15, 0.2) is 46.9 Å². The van der Waals surface area contributed by atoms with E-state index >= 15 is 0 Å². The van der Waals surface area contributed by atoms with Crippen LogP contribution < -0.4 is 5.32 Å². The van der Waals surface area contributed by atoms with E-state index in [4.69, 9.17) is 39.2 Å². The normalized spacial score (nSPS) is 10.8. The highest BCUT2D eigenvalue weighted by atomic mass is 35.5. The topological polar surface area (TPSA) is 42.2 Å². The number of carbonyl (C=O) groups excluding carboxylic acids is 1. The van der Waals surface area contributed by atoms with Crippen LogP contribution in [0.1, 0.15) is 16.1 Å². The van der Waals surface area contributed by atoms with Gasteiger partial charge in [-0.25, -0.2) is 8.78 Å². The number of rotatable bonds is 4. The lowest BCUT2D eigenvalue weighted by Gasteiger charge is -2.06. The Hall–Kier alpha value is -2.08. The van der Waals surface area contributed by atoms with E-state index in [1.807, 2.05) is 0 Å². The van der Waals surface area contributed by atoms with Gasteiger partial charge in [-0.3, -0.25) is 4.79 Å². The maximum absolute atomic E-state index is 13.3. The van der Waals surface area contributed by atoms with Gasteiger partial charge < -0.3 is 9.73 Å². The summed E-state index contributed by atoms with van der Waals surface area (Å²) in [6.07, 6.45) is 0. The summed E-state index contributed by atoms with van der Waals surface area (Å²) in [6.45, 7) is 0.0271. The van der Waals surface area contributed by atoms with Crippen molar-refractivity contribution < 1.29 is 18.0 Å². The second-order valence-corrected chi connectivity index (χ2v) is 6.57. The number of halogens is 5. The van der Waals surface area contributed by atoms with E-state index in [2.05, 4.69) is 5.32 Å². The average Bonchev–Trinajstić information content (AvgIpc) is 3.04. The van der Waals surface area contributed by atoms with Crippen LogP contribution in [0.5, 0.6) is 0 Å². The van der Waals surface area contributed by atoms with Gasteiger partial charge in [0.15, 0.2) is 11.6 Å². The first-order chi connectivity index (χ1) is 12.3. The van der Waals surface area contributed by atoms with Crippen molar-refractivity contribution in [2.75, 3.05) is 0 Å². The largest absolute Gasteiger partial charge is 0.459 e. The quantitative estimate of drug-likeness (QED) is 0.521. The minimum atomic E-state index is -1.16. The molecular formula is C18H10Cl3F2NO2. The number of furan rings is 1. The van der Waals surface area contributed by atoms with E-state index < -0.39 is 17.5 Å². The molecule has 0 saturated heterocycles. The maximum Gasteiger partial charge on any atom is 0.253 e. The van der Waals surface area contributed by atoms with Gasteiger partial charge in [0.25, 0.3) is 5.91 Å². The molecule has 1 amide bonds. The Labute approximate surface area is 162 Å². The van der Waals surface area contributed by atoms with Gasteiger partial charge in [0.1, 0.15) is 11.5 Å². The number of benzene rings is 2. The molecular weight excluding hydrogens is 407 g/mol. The summed E-state index contributed by atoms with van der Waals surface area (Å²) >= 11 is 17.8. The molecule has 0 bridgehead atoms. The Morgan fingerprint density at radius 1 is 0.962 bits per heavy atom. The van der Waals surface area contributed by atoms with Crippen molar-refractivity contribution in [3.63, 3.8) is 0 Å². The lowest BCUT2D eigenvalue weighted by molar-refractivity contribution is 0.0947. The molecule has 1 N–H and O–H groups in total. The predicted octanol–water partition coefficient (Wildman–Crippen LogP) is 6.12. The van der Waals surface area contributed by atoms with Crippen molar-refractivity contribution >= 4 is 40.7 Å².